The van der Waals surface area contributed by atoms with Crippen molar-refractivity contribution in [3.63, 3.8) is 0 Å². The molecule has 0 spiro atoms. The van der Waals surface area contributed by atoms with E-state index in [-0.39, 0.29) is 22.9 Å². The fourth-order valence-electron chi connectivity index (χ4n) is 11.5. The fourth-order valence-corrected chi connectivity index (χ4v) is 14.9. The summed E-state index contributed by atoms with van der Waals surface area (Å²) >= 11 is 0. The molecule has 44 heavy (non-hydrogen) atoms. The summed E-state index contributed by atoms with van der Waals surface area (Å²) in [6, 6.07) is 0. The maximum absolute atomic E-state index is 13.1. The number of fused-ring (bicyclic) bond motifs is 4. The lowest BCUT2D eigenvalue weighted by molar-refractivity contribution is -0.170. The third-order valence-corrected chi connectivity index (χ3v) is 18.0. The first-order valence-corrected chi connectivity index (χ1v) is 20.7. The molecule has 1 saturated heterocycles. The van der Waals surface area contributed by atoms with E-state index in [0.717, 1.165) is 36.3 Å². The molecular formula is C40H66O2S2. The molecule has 8 unspecified atom stereocenters. The Bertz CT molecular complexity index is 1130. The lowest BCUT2D eigenvalue weighted by atomic mass is 9.43. The molecule has 5 aliphatic rings. The zero-order valence-electron chi connectivity index (χ0n) is 30.2. The van der Waals surface area contributed by atoms with Gasteiger partial charge in [-0.1, -0.05) is 92.3 Å². The molecule has 0 amide bonds. The van der Waals surface area contributed by atoms with E-state index in [1.165, 1.54) is 76.2 Å². The van der Waals surface area contributed by atoms with Crippen molar-refractivity contribution < 1.29 is 9.53 Å². The van der Waals surface area contributed by atoms with Crippen molar-refractivity contribution in [2.24, 2.45) is 39.4 Å². The molecule has 250 valence electrons. The van der Waals surface area contributed by atoms with Gasteiger partial charge in [-0.3, -0.25) is 4.79 Å². The molecule has 0 radical (unpaired) electrons. The van der Waals surface area contributed by atoms with Crippen LogP contribution in [-0.4, -0.2) is 22.1 Å². The average molecular weight is 643 g/mol. The van der Waals surface area contributed by atoms with E-state index in [9.17, 15) is 4.79 Å². The standard InChI is InChI=1S/C40H66O2S2/c1-27(2)14-13-15-28(3)30-20-24-40(10)32-18-19-33-37(6,7)34(22-23-38(33,8)31(32)21-25-39(30,40)9)42-35(41)17-12-11-16-29-26-36(4,5)44-43-29/h14,28-30,33-34H,11-13,15-26H2,1-10H3. The van der Waals surface area contributed by atoms with Crippen LogP contribution in [0.5, 0.6) is 0 Å². The number of unbranched alkanes of at least 4 members (excludes halogenated alkanes) is 1. The number of hydrogen-bond acceptors (Lipinski definition) is 4. The predicted octanol–water partition coefficient (Wildman–Crippen LogP) is 12.5. The Morgan fingerprint density at radius 1 is 0.955 bits per heavy atom. The first kappa shape index (κ1) is 35.0. The van der Waals surface area contributed by atoms with E-state index in [1.54, 1.807) is 0 Å². The Morgan fingerprint density at radius 3 is 2.39 bits per heavy atom. The molecule has 4 heteroatoms. The highest BCUT2D eigenvalue weighted by Gasteiger charge is 2.63. The minimum Gasteiger partial charge on any atom is -0.462 e. The van der Waals surface area contributed by atoms with Crippen molar-refractivity contribution in [1.82, 2.24) is 0 Å². The molecule has 0 N–H and O–H groups in total. The monoisotopic (exact) mass is 642 g/mol. The smallest absolute Gasteiger partial charge is 0.306 e. The first-order valence-electron chi connectivity index (χ1n) is 18.4. The van der Waals surface area contributed by atoms with Gasteiger partial charge in [0.2, 0.25) is 0 Å². The van der Waals surface area contributed by atoms with Gasteiger partial charge >= 0.3 is 5.97 Å². The maximum Gasteiger partial charge on any atom is 0.306 e. The van der Waals surface area contributed by atoms with E-state index in [4.69, 9.17) is 4.74 Å². The highest BCUT2D eigenvalue weighted by atomic mass is 33.1. The van der Waals surface area contributed by atoms with E-state index in [0.29, 0.717) is 27.9 Å². The molecule has 0 aromatic carbocycles. The van der Waals surface area contributed by atoms with Crippen LogP contribution in [0.25, 0.3) is 0 Å². The summed E-state index contributed by atoms with van der Waals surface area (Å²) in [5.41, 5.74) is 6.22. The third-order valence-electron chi connectivity index (χ3n) is 14.2. The highest BCUT2D eigenvalue weighted by molar-refractivity contribution is 8.77. The average Bonchev–Trinajstić information content (AvgIpc) is 3.43. The fraction of sp³-hybridized carbons (Fsp3) is 0.875. The van der Waals surface area contributed by atoms with Gasteiger partial charge in [-0.05, 0) is 145 Å². The molecule has 2 nitrogen and oxygen atoms in total. The first-order chi connectivity index (χ1) is 20.5. The molecule has 2 saturated carbocycles. The van der Waals surface area contributed by atoms with Crippen LogP contribution in [0, 0.1) is 39.4 Å². The van der Waals surface area contributed by atoms with Crippen molar-refractivity contribution in [1.29, 1.82) is 0 Å². The topological polar surface area (TPSA) is 26.3 Å². The van der Waals surface area contributed by atoms with Gasteiger partial charge in [-0.2, -0.15) is 0 Å². The second kappa shape index (κ2) is 12.9. The Kier molecular flexibility index (Phi) is 10.3. The van der Waals surface area contributed by atoms with Gasteiger partial charge in [0.25, 0.3) is 0 Å². The van der Waals surface area contributed by atoms with Crippen LogP contribution in [0.1, 0.15) is 166 Å². The summed E-state index contributed by atoms with van der Waals surface area (Å²) in [5, 5.41) is 0.748. The molecular weight excluding hydrogens is 577 g/mol. The Hall–Kier alpha value is -0.350. The second-order valence-corrected chi connectivity index (χ2v) is 21.3. The second-order valence-electron chi connectivity index (χ2n) is 18.0. The summed E-state index contributed by atoms with van der Waals surface area (Å²) < 4.78 is 6.77. The predicted molar refractivity (Wildman–Crippen MR) is 193 cm³/mol. The molecule has 8 atom stereocenters. The number of ether oxygens (including phenoxy) is 1. The van der Waals surface area contributed by atoms with E-state index in [2.05, 4.69) is 86.1 Å². The number of carbonyl (C=O) groups excluding carboxylic acids is 1. The number of esters is 1. The third kappa shape index (κ3) is 6.41. The molecule has 4 aliphatic carbocycles. The summed E-state index contributed by atoms with van der Waals surface area (Å²) in [6.45, 7) is 24.6. The zero-order valence-corrected chi connectivity index (χ0v) is 31.8. The van der Waals surface area contributed by atoms with Crippen LogP contribution in [0.15, 0.2) is 22.8 Å². The van der Waals surface area contributed by atoms with Gasteiger partial charge in [0.1, 0.15) is 6.10 Å². The molecule has 0 bridgehead atoms. The highest BCUT2D eigenvalue weighted by Crippen LogP contribution is 2.72. The van der Waals surface area contributed by atoms with Crippen molar-refractivity contribution in [2.45, 2.75) is 182 Å². The Balaban J connectivity index is 1.22. The lowest BCUT2D eigenvalue weighted by Gasteiger charge is -2.62. The molecule has 3 fully saturated rings. The van der Waals surface area contributed by atoms with Gasteiger partial charge < -0.3 is 4.74 Å². The zero-order chi connectivity index (χ0) is 32.1. The van der Waals surface area contributed by atoms with Crippen molar-refractivity contribution in [2.75, 3.05) is 0 Å². The number of carbonyl (C=O) groups is 1. The number of allylic oxidation sites excluding steroid dienone is 4. The molecule has 0 aromatic rings. The number of hydrogen-bond donors (Lipinski definition) is 0. The van der Waals surface area contributed by atoms with Crippen LogP contribution in [-0.2, 0) is 9.53 Å². The summed E-state index contributed by atoms with van der Waals surface area (Å²) in [6.07, 6.45) is 20.4. The summed E-state index contributed by atoms with van der Waals surface area (Å²) in [4.78, 5) is 13.1. The van der Waals surface area contributed by atoms with E-state index < -0.39 is 0 Å². The Labute approximate surface area is 279 Å². The van der Waals surface area contributed by atoms with Gasteiger partial charge in [0, 0.05) is 21.8 Å². The van der Waals surface area contributed by atoms with E-state index in [1.807, 2.05) is 21.9 Å². The Morgan fingerprint density at radius 2 is 1.70 bits per heavy atom. The summed E-state index contributed by atoms with van der Waals surface area (Å²) in [5.74, 6) is 2.27. The molecule has 1 heterocycles. The van der Waals surface area contributed by atoms with Crippen LogP contribution >= 0.6 is 21.6 Å². The SMILES string of the molecule is CC(C)=CCCC(C)C1CCC2(C)C3=C(CCC12C)C1(C)CCC(OC(=O)CCCCC2CC(C)(C)SS2)C(C)(C)C1CC3. The van der Waals surface area contributed by atoms with Crippen molar-refractivity contribution in [3.05, 3.63) is 22.8 Å². The lowest BCUT2D eigenvalue weighted by Crippen LogP contribution is -2.55. The van der Waals surface area contributed by atoms with Crippen LogP contribution in [0.4, 0.5) is 0 Å². The van der Waals surface area contributed by atoms with Gasteiger partial charge in [0.05, 0.1) is 0 Å². The van der Waals surface area contributed by atoms with Crippen LogP contribution in [0.3, 0.4) is 0 Å². The quantitative estimate of drug-likeness (QED) is 0.102. The largest absolute Gasteiger partial charge is 0.462 e. The maximum atomic E-state index is 13.1. The van der Waals surface area contributed by atoms with E-state index >= 15 is 0 Å². The van der Waals surface area contributed by atoms with Crippen molar-refractivity contribution in [3.8, 4) is 0 Å². The molecule has 5 rings (SSSR count). The minimum absolute atomic E-state index is 0.0176. The normalized spacial score (nSPS) is 39.7. The number of rotatable bonds is 10. The minimum atomic E-state index is 0.0176. The van der Waals surface area contributed by atoms with Gasteiger partial charge in [0.15, 0.2) is 0 Å². The van der Waals surface area contributed by atoms with Gasteiger partial charge in [-0.15, -0.1) is 0 Å². The van der Waals surface area contributed by atoms with Gasteiger partial charge in [-0.25, -0.2) is 0 Å². The summed E-state index contributed by atoms with van der Waals surface area (Å²) in [7, 11) is 4.10. The van der Waals surface area contributed by atoms with Crippen molar-refractivity contribution >= 4 is 27.6 Å². The van der Waals surface area contributed by atoms with Crippen LogP contribution in [0.2, 0.25) is 0 Å². The molecule has 1 aliphatic heterocycles. The van der Waals surface area contributed by atoms with Crippen LogP contribution < -0.4 is 0 Å². The molecule has 0 aromatic heterocycles.